The van der Waals surface area contributed by atoms with Gasteiger partial charge in [-0.1, -0.05) is 36.9 Å². The molecule has 0 aliphatic carbocycles. The molecule has 0 heterocycles. The van der Waals surface area contributed by atoms with Crippen molar-refractivity contribution in [2.75, 3.05) is 0 Å². The molecule has 0 aliphatic heterocycles. The molecule has 1 N–H and O–H groups in total. The van der Waals surface area contributed by atoms with Crippen LogP contribution in [0.1, 0.15) is 6.92 Å². The van der Waals surface area contributed by atoms with Gasteiger partial charge < -0.3 is 9.68 Å². The quantitative estimate of drug-likeness (QED) is 0.529. The Morgan fingerprint density at radius 2 is 2.00 bits per heavy atom. The van der Waals surface area contributed by atoms with E-state index in [0.717, 1.165) is 5.46 Å². The average Bonchev–Trinajstić information content (AvgIpc) is 2.05. The maximum atomic E-state index is 9.41. The lowest BCUT2D eigenvalue weighted by Gasteiger charge is -2.08. The van der Waals surface area contributed by atoms with Crippen molar-refractivity contribution in [1.82, 2.24) is 0 Å². The van der Waals surface area contributed by atoms with Crippen molar-refractivity contribution < 1.29 is 9.68 Å². The summed E-state index contributed by atoms with van der Waals surface area (Å²) in [5.41, 5.74) is 0.737. The highest BCUT2D eigenvalue weighted by Gasteiger charge is 2.16. The zero-order valence-electron chi connectivity index (χ0n) is 7.03. The molecule has 0 spiro atoms. The number of rotatable bonds is 3. The summed E-state index contributed by atoms with van der Waals surface area (Å²) in [6.45, 7) is 5.24. The van der Waals surface area contributed by atoms with Gasteiger partial charge in [0.15, 0.2) is 0 Å². The van der Waals surface area contributed by atoms with Crippen LogP contribution >= 0.6 is 0 Å². The maximum Gasteiger partial charge on any atom is 0.559 e. The van der Waals surface area contributed by atoms with E-state index in [1.807, 2.05) is 18.2 Å². The van der Waals surface area contributed by atoms with Gasteiger partial charge in [-0.25, -0.2) is 0 Å². The summed E-state index contributed by atoms with van der Waals surface area (Å²) >= 11 is 0. The molecule has 0 unspecified atom stereocenters. The lowest BCUT2D eigenvalue weighted by Crippen LogP contribution is -2.32. The van der Waals surface area contributed by atoms with Crippen LogP contribution < -0.4 is 5.46 Å². The summed E-state index contributed by atoms with van der Waals surface area (Å²) < 4.78 is 5.00. The first kappa shape index (κ1) is 8.88. The smallest absolute Gasteiger partial charge is 0.537 e. The van der Waals surface area contributed by atoms with Gasteiger partial charge >= 0.3 is 7.12 Å². The van der Waals surface area contributed by atoms with Crippen molar-refractivity contribution in [3.05, 3.63) is 42.7 Å². The van der Waals surface area contributed by atoms with E-state index in [1.165, 1.54) is 0 Å². The third-order valence-electron chi connectivity index (χ3n) is 1.40. The first-order valence-corrected chi connectivity index (χ1v) is 3.75. The van der Waals surface area contributed by atoms with Crippen LogP contribution in [0.3, 0.4) is 0 Å². The first-order valence-electron chi connectivity index (χ1n) is 3.75. The Bertz CT molecular complexity index is 258. The molecule has 62 valence electrons. The fourth-order valence-corrected chi connectivity index (χ4v) is 0.876. The molecule has 1 aromatic carbocycles. The fourth-order valence-electron chi connectivity index (χ4n) is 0.876. The summed E-state index contributed by atoms with van der Waals surface area (Å²) in [6.07, 6.45) is 0. The minimum Gasteiger partial charge on any atom is -0.537 e. The third-order valence-corrected chi connectivity index (χ3v) is 1.40. The minimum absolute atomic E-state index is 0.506. The number of hydrogen-bond acceptors (Lipinski definition) is 2. The van der Waals surface area contributed by atoms with Crippen molar-refractivity contribution in [2.45, 2.75) is 6.92 Å². The molecular weight excluding hydrogens is 151 g/mol. The third kappa shape index (κ3) is 2.44. The second-order valence-corrected chi connectivity index (χ2v) is 2.58. The molecule has 0 amide bonds. The second-order valence-electron chi connectivity index (χ2n) is 2.58. The van der Waals surface area contributed by atoms with Crippen LogP contribution in [0.2, 0.25) is 0 Å². The molecular formula is C9H11BO2. The molecule has 2 nitrogen and oxygen atoms in total. The molecule has 0 aliphatic rings. The predicted octanol–water partition coefficient (Wildman–Crippen LogP) is 0.924. The van der Waals surface area contributed by atoms with Crippen LogP contribution in [-0.2, 0) is 4.65 Å². The van der Waals surface area contributed by atoms with Crippen LogP contribution in [-0.4, -0.2) is 12.1 Å². The molecule has 1 rings (SSSR count). The standard InChI is InChI=1S/C9H11BO2/c1-8(2)12-10(11)9-6-4-3-5-7-9/h3-7,11H,1H2,2H3. The van der Waals surface area contributed by atoms with E-state index in [1.54, 1.807) is 19.1 Å². The Hall–Kier alpha value is -1.22. The Kier molecular flexibility index (Phi) is 2.94. The van der Waals surface area contributed by atoms with Gasteiger partial charge in [0.05, 0.1) is 5.76 Å². The number of hydrogen-bond donors (Lipinski definition) is 1. The largest absolute Gasteiger partial charge is 0.559 e. The predicted molar refractivity (Wildman–Crippen MR) is 49.9 cm³/mol. The van der Waals surface area contributed by atoms with E-state index in [9.17, 15) is 5.02 Å². The van der Waals surface area contributed by atoms with Crippen LogP contribution in [0.4, 0.5) is 0 Å². The molecule has 1 aromatic rings. The Balaban J connectivity index is 2.65. The Morgan fingerprint density at radius 3 is 2.50 bits per heavy atom. The second kappa shape index (κ2) is 3.97. The van der Waals surface area contributed by atoms with E-state index in [0.29, 0.717) is 5.76 Å². The highest BCUT2D eigenvalue weighted by atomic mass is 16.5. The van der Waals surface area contributed by atoms with Gasteiger partial charge in [-0.3, -0.25) is 0 Å². The van der Waals surface area contributed by atoms with Crippen molar-refractivity contribution in [2.24, 2.45) is 0 Å². The van der Waals surface area contributed by atoms with Crippen molar-refractivity contribution in [3.63, 3.8) is 0 Å². The summed E-state index contributed by atoms with van der Waals surface area (Å²) in [7, 11) is -0.899. The molecule has 0 atom stereocenters. The normalized spacial score (nSPS) is 9.17. The topological polar surface area (TPSA) is 29.5 Å². The van der Waals surface area contributed by atoms with E-state index < -0.39 is 7.12 Å². The Morgan fingerprint density at radius 1 is 1.42 bits per heavy atom. The van der Waals surface area contributed by atoms with Crippen LogP contribution in [0.5, 0.6) is 0 Å². The van der Waals surface area contributed by atoms with Gasteiger partial charge in [0.25, 0.3) is 0 Å². The van der Waals surface area contributed by atoms with Crippen molar-refractivity contribution in [1.29, 1.82) is 0 Å². The van der Waals surface area contributed by atoms with Gasteiger partial charge in [0.1, 0.15) is 0 Å². The van der Waals surface area contributed by atoms with Gasteiger partial charge in [0, 0.05) is 0 Å². The molecule has 3 heteroatoms. The first-order chi connectivity index (χ1) is 5.70. The zero-order chi connectivity index (χ0) is 8.97. The monoisotopic (exact) mass is 162 g/mol. The molecule has 0 radical (unpaired) electrons. The summed E-state index contributed by atoms with van der Waals surface area (Å²) in [5, 5.41) is 9.41. The van der Waals surface area contributed by atoms with Crippen LogP contribution in [0, 0.1) is 0 Å². The van der Waals surface area contributed by atoms with Gasteiger partial charge in [-0.2, -0.15) is 0 Å². The lowest BCUT2D eigenvalue weighted by molar-refractivity contribution is 0.354. The molecule has 0 aromatic heterocycles. The summed E-state index contributed by atoms with van der Waals surface area (Å²) in [4.78, 5) is 0. The fraction of sp³-hybridized carbons (Fsp3) is 0.111. The van der Waals surface area contributed by atoms with E-state index in [2.05, 4.69) is 6.58 Å². The zero-order valence-corrected chi connectivity index (χ0v) is 7.03. The highest BCUT2D eigenvalue weighted by molar-refractivity contribution is 6.60. The molecule has 0 saturated carbocycles. The molecule has 0 fully saturated rings. The van der Waals surface area contributed by atoms with Gasteiger partial charge in [-0.05, 0) is 12.4 Å². The van der Waals surface area contributed by atoms with E-state index in [4.69, 9.17) is 4.65 Å². The van der Waals surface area contributed by atoms with Crippen molar-refractivity contribution in [3.8, 4) is 0 Å². The van der Waals surface area contributed by atoms with Gasteiger partial charge in [0.2, 0.25) is 0 Å². The minimum atomic E-state index is -0.899. The van der Waals surface area contributed by atoms with Crippen molar-refractivity contribution >= 4 is 12.6 Å². The molecule has 0 bridgehead atoms. The van der Waals surface area contributed by atoms with Crippen LogP contribution in [0.15, 0.2) is 42.7 Å². The summed E-state index contributed by atoms with van der Waals surface area (Å²) in [5.74, 6) is 0.506. The molecule has 0 saturated heterocycles. The SMILES string of the molecule is C=C(C)OB(O)c1ccccc1. The lowest BCUT2D eigenvalue weighted by atomic mass is 9.80. The number of benzene rings is 1. The Labute approximate surface area is 72.6 Å². The average molecular weight is 162 g/mol. The number of allylic oxidation sites excluding steroid dienone is 1. The highest BCUT2D eigenvalue weighted by Crippen LogP contribution is 1.94. The molecule has 12 heavy (non-hydrogen) atoms. The van der Waals surface area contributed by atoms with Crippen LogP contribution in [0.25, 0.3) is 0 Å². The maximum absolute atomic E-state index is 9.41. The van der Waals surface area contributed by atoms with E-state index >= 15 is 0 Å². The van der Waals surface area contributed by atoms with E-state index in [-0.39, 0.29) is 0 Å². The van der Waals surface area contributed by atoms with Gasteiger partial charge in [-0.15, -0.1) is 0 Å². The summed E-state index contributed by atoms with van der Waals surface area (Å²) in [6, 6.07) is 9.18.